The number of hydrogen-bond donors (Lipinski definition) is 1. The molecule has 1 aromatic heterocycles. The van der Waals surface area contributed by atoms with Crippen molar-refractivity contribution in [3.8, 4) is 6.07 Å². The third-order valence-corrected chi connectivity index (χ3v) is 3.38. The van der Waals surface area contributed by atoms with Crippen molar-refractivity contribution < 1.29 is 9.52 Å². The monoisotopic (exact) mass is 234 g/mol. The highest BCUT2D eigenvalue weighted by Crippen LogP contribution is 2.21. The van der Waals surface area contributed by atoms with E-state index in [1.807, 2.05) is 19.1 Å². The first-order chi connectivity index (χ1) is 8.19. The van der Waals surface area contributed by atoms with Crippen LogP contribution < -0.4 is 0 Å². The quantitative estimate of drug-likeness (QED) is 0.865. The molecule has 0 saturated carbocycles. The van der Waals surface area contributed by atoms with E-state index in [1.165, 1.54) is 0 Å². The standard InChI is InChI=1S/C13H18N2O2/c1-10(16)11-3-2-6-15(8-11)9-13-5-4-12(7-14)17-13/h4-5,10-11,16H,2-3,6,8-9H2,1H3/t10-,11+/m0/s1. The molecule has 2 atom stereocenters. The molecule has 2 heterocycles. The number of piperidine rings is 1. The normalized spacial score (nSPS) is 23.2. The lowest BCUT2D eigenvalue weighted by molar-refractivity contribution is 0.0572. The molecule has 92 valence electrons. The third-order valence-electron chi connectivity index (χ3n) is 3.38. The Labute approximate surface area is 101 Å². The number of hydrogen-bond acceptors (Lipinski definition) is 4. The first kappa shape index (κ1) is 12.2. The zero-order valence-corrected chi connectivity index (χ0v) is 10.1. The molecule has 1 fully saturated rings. The topological polar surface area (TPSA) is 60.4 Å². The van der Waals surface area contributed by atoms with Gasteiger partial charge < -0.3 is 9.52 Å². The van der Waals surface area contributed by atoms with Gasteiger partial charge in [-0.1, -0.05) is 0 Å². The molecule has 1 saturated heterocycles. The average Bonchev–Trinajstić information content (AvgIpc) is 2.77. The summed E-state index contributed by atoms with van der Waals surface area (Å²) in [5.74, 6) is 1.55. The number of aliphatic hydroxyl groups is 1. The molecule has 2 rings (SSSR count). The lowest BCUT2D eigenvalue weighted by Crippen LogP contribution is -2.38. The van der Waals surface area contributed by atoms with Crippen LogP contribution in [0.4, 0.5) is 0 Å². The summed E-state index contributed by atoms with van der Waals surface area (Å²) in [5.41, 5.74) is 0. The summed E-state index contributed by atoms with van der Waals surface area (Å²) in [5, 5.41) is 18.3. The second kappa shape index (κ2) is 5.35. The van der Waals surface area contributed by atoms with Crippen molar-refractivity contribution in [1.82, 2.24) is 4.90 Å². The fourth-order valence-electron chi connectivity index (χ4n) is 2.37. The first-order valence-electron chi connectivity index (χ1n) is 6.08. The smallest absolute Gasteiger partial charge is 0.203 e. The van der Waals surface area contributed by atoms with E-state index < -0.39 is 0 Å². The highest BCUT2D eigenvalue weighted by Gasteiger charge is 2.23. The van der Waals surface area contributed by atoms with Crippen molar-refractivity contribution in [2.24, 2.45) is 5.92 Å². The van der Waals surface area contributed by atoms with Gasteiger partial charge in [-0.3, -0.25) is 4.90 Å². The summed E-state index contributed by atoms with van der Waals surface area (Å²) in [4.78, 5) is 2.28. The molecule has 1 aromatic rings. The van der Waals surface area contributed by atoms with Crippen molar-refractivity contribution in [3.63, 3.8) is 0 Å². The Bertz CT molecular complexity index is 406. The van der Waals surface area contributed by atoms with E-state index in [9.17, 15) is 5.11 Å². The first-order valence-corrected chi connectivity index (χ1v) is 6.08. The van der Waals surface area contributed by atoms with E-state index in [0.29, 0.717) is 11.7 Å². The van der Waals surface area contributed by atoms with Gasteiger partial charge in [0.15, 0.2) is 0 Å². The zero-order valence-electron chi connectivity index (χ0n) is 10.1. The van der Waals surface area contributed by atoms with Crippen molar-refractivity contribution in [3.05, 3.63) is 23.7 Å². The van der Waals surface area contributed by atoms with Crippen LogP contribution in [0.5, 0.6) is 0 Å². The lowest BCUT2D eigenvalue weighted by atomic mass is 9.93. The molecular weight excluding hydrogens is 216 g/mol. The van der Waals surface area contributed by atoms with Crippen LogP contribution >= 0.6 is 0 Å². The minimum atomic E-state index is -0.246. The van der Waals surface area contributed by atoms with Gasteiger partial charge in [-0.2, -0.15) is 5.26 Å². The van der Waals surface area contributed by atoms with Crippen LogP contribution in [-0.2, 0) is 6.54 Å². The second-order valence-corrected chi connectivity index (χ2v) is 4.76. The van der Waals surface area contributed by atoms with Crippen LogP contribution in [0.3, 0.4) is 0 Å². The Kier molecular flexibility index (Phi) is 3.82. The average molecular weight is 234 g/mol. The van der Waals surface area contributed by atoms with Crippen LogP contribution in [0.15, 0.2) is 16.5 Å². The van der Waals surface area contributed by atoms with Crippen LogP contribution in [0.25, 0.3) is 0 Å². The van der Waals surface area contributed by atoms with Crippen molar-refractivity contribution in [2.45, 2.75) is 32.4 Å². The molecule has 17 heavy (non-hydrogen) atoms. The maximum Gasteiger partial charge on any atom is 0.203 e. The van der Waals surface area contributed by atoms with Gasteiger partial charge in [-0.25, -0.2) is 0 Å². The minimum absolute atomic E-state index is 0.246. The van der Waals surface area contributed by atoms with Gasteiger partial charge in [0.05, 0.1) is 12.6 Å². The molecule has 0 aromatic carbocycles. The van der Waals surface area contributed by atoms with Crippen molar-refractivity contribution in [1.29, 1.82) is 5.26 Å². The van der Waals surface area contributed by atoms with E-state index >= 15 is 0 Å². The van der Waals surface area contributed by atoms with Crippen molar-refractivity contribution in [2.75, 3.05) is 13.1 Å². The van der Waals surface area contributed by atoms with Crippen molar-refractivity contribution >= 4 is 0 Å². The lowest BCUT2D eigenvalue weighted by Gasteiger charge is -2.33. The summed E-state index contributed by atoms with van der Waals surface area (Å²) >= 11 is 0. The molecule has 0 spiro atoms. The molecule has 1 N–H and O–H groups in total. The Morgan fingerprint density at radius 2 is 2.47 bits per heavy atom. The molecule has 1 aliphatic rings. The van der Waals surface area contributed by atoms with Gasteiger partial charge in [-0.05, 0) is 44.4 Å². The second-order valence-electron chi connectivity index (χ2n) is 4.76. The summed E-state index contributed by atoms with van der Waals surface area (Å²) in [6.45, 7) is 4.52. The summed E-state index contributed by atoms with van der Waals surface area (Å²) in [7, 11) is 0. The maximum absolute atomic E-state index is 9.61. The molecule has 0 aliphatic carbocycles. The molecule has 0 amide bonds. The Morgan fingerprint density at radius 3 is 3.12 bits per heavy atom. The number of furan rings is 1. The van der Waals surface area contributed by atoms with Crippen LogP contribution in [0, 0.1) is 17.2 Å². The molecule has 0 bridgehead atoms. The van der Waals surface area contributed by atoms with E-state index in [1.54, 1.807) is 6.07 Å². The molecule has 0 unspecified atom stereocenters. The number of nitrogens with zero attached hydrogens (tertiary/aromatic N) is 2. The van der Waals surface area contributed by atoms with E-state index in [-0.39, 0.29) is 6.10 Å². The van der Waals surface area contributed by atoms with Crippen LogP contribution in [0.1, 0.15) is 31.3 Å². The zero-order chi connectivity index (χ0) is 12.3. The molecule has 4 nitrogen and oxygen atoms in total. The molecular formula is C13H18N2O2. The Hall–Kier alpha value is -1.31. The number of nitriles is 1. The highest BCUT2D eigenvalue weighted by molar-refractivity contribution is 5.19. The predicted octanol–water partition coefficient (Wildman–Crippen LogP) is 1.74. The van der Waals surface area contributed by atoms with Gasteiger partial charge in [-0.15, -0.1) is 0 Å². The number of aliphatic hydroxyl groups excluding tert-OH is 1. The summed E-state index contributed by atoms with van der Waals surface area (Å²) in [6, 6.07) is 5.54. The van der Waals surface area contributed by atoms with E-state index in [0.717, 1.165) is 38.2 Å². The number of likely N-dealkylation sites (tertiary alicyclic amines) is 1. The van der Waals surface area contributed by atoms with Gasteiger partial charge >= 0.3 is 0 Å². The Balaban J connectivity index is 1.92. The fourth-order valence-corrected chi connectivity index (χ4v) is 2.37. The Morgan fingerprint density at radius 1 is 1.65 bits per heavy atom. The SMILES string of the molecule is C[C@H](O)[C@@H]1CCCN(Cc2ccc(C#N)o2)C1. The summed E-state index contributed by atoms with van der Waals surface area (Å²) < 4.78 is 5.37. The van der Waals surface area contributed by atoms with E-state index in [2.05, 4.69) is 4.90 Å². The van der Waals surface area contributed by atoms with E-state index in [4.69, 9.17) is 9.68 Å². The van der Waals surface area contributed by atoms with Gasteiger partial charge in [0.1, 0.15) is 11.8 Å². The van der Waals surface area contributed by atoms with Gasteiger partial charge in [0, 0.05) is 6.54 Å². The predicted molar refractivity (Wildman–Crippen MR) is 63.1 cm³/mol. The maximum atomic E-state index is 9.61. The van der Waals surface area contributed by atoms with Crippen LogP contribution in [-0.4, -0.2) is 29.2 Å². The highest BCUT2D eigenvalue weighted by atomic mass is 16.3. The minimum Gasteiger partial charge on any atom is -0.449 e. The molecule has 4 heteroatoms. The number of rotatable bonds is 3. The molecule has 1 aliphatic heterocycles. The fraction of sp³-hybridized carbons (Fsp3) is 0.615. The van der Waals surface area contributed by atoms with Crippen LogP contribution in [0.2, 0.25) is 0 Å². The molecule has 0 radical (unpaired) electrons. The third kappa shape index (κ3) is 3.09. The largest absolute Gasteiger partial charge is 0.449 e. The summed E-state index contributed by atoms with van der Waals surface area (Å²) in [6.07, 6.45) is 1.96. The van der Waals surface area contributed by atoms with Gasteiger partial charge in [0.2, 0.25) is 5.76 Å². The van der Waals surface area contributed by atoms with Gasteiger partial charge in [0.25, 0.3) is 0 Å².